The zero-order valence-corrected chi connectivity index (χ0v) is 31.7. The third kappa shape index (κ3) is 4.92. The minimum absolute atomic E-state index is 0.0480. The fourth-order valence-electron chi connectivity index (χ4n) is 5.96. The third-order valence-corrected chi connectivity index (χ3v) is 15.0. The molecule has 0 saturated heterocycles. The van der Waals surface area contributed by atoms with Crippen LogP contribution in [0.15, 0.2) is 24.3 Å². The summed E-state index contributed by atoms with van der Waals surface area (Å²) in [5, 5.41) is 0. The summed E-state index contributed by atoms with van der Waals surface area (Å²) in [5.41, 5.74) is -1.42. The number of carbonyl (C=O) groups excluding carboxylic acids is 6. The third-order valence-electron chi connectivity index (χ3n) is 8.34. The number of hydrogen-bond donors (Lipinski definition) is 0. The highest BCUT2D eigenvalue weighted by Crippen LogP contribution is 2.55. The Hall–Kier alpha value is -3.90. The van der Waals surface area contributed by atoms with E-state index in [0.29, 0.717) is 42.2 Å². The molecule has 3 aliphatic carbocycles. The van der Waals surface area contributed by atoms with Crippen LogP contribution in [0.5, 0.6) is 0 Å². The van der Waals surface area contributed by atoms with E-state index in [1.165, 1.54) is 38.1 Å². The second-order valence-corrected chi connectivity index (χ2v) is 16.3. The van der Waals surface area contributed by atoms with Crippen molar-refractivity contribution in [3.8, 4) is 39.0 Å². The Morgan fingerprint density at radius 3 is 0.923 bits per heavy atom. The summed E-state index contributed by atoms with van der Waals surface area (Å²) in [6, 6.07) is 6.04. The number of thiophene rings is 5. The molecule has 0 unspecified atom stereocenters. The first kappa shape index (κ1) is 37.8. The van der Waals surface area contributed by atoms with Gasteiger partial charge in [0.1, 0.15) is 0 Å². The van der Waals surface area contributed by atoms with Gasteiger partial charge in [0.25, 0.3) is 11.6 Å². The van der Waals surface area contributed by atoms with Gasteiger partial charge in [-0.05, 0) is 49.2 Å². The van der Waals surface area contributed by atoms with E-state index in [9.17, 15) is 55.1 Å². The standard InChI is InChI=1S/C31H10F6O6S5.2C2H6/c1-7-13-21(27(42)30(34,35)23(13)38)46-17(7)9-3-5-11(44-9)19-15-16(26(41)29(32,33)25(15)40)20(48-19)12-6-4-10(45-12)18-8(2)14-22(47-18)28(43)31(36,37)24(14)39;2*1-2/h3-6H,1-2H3;2*1-2H3. The smallest absolute Gasteiger partial charge is 0.287 e. The van der Waals surface area contributed by atoms with Gasteiger partial charge in [0.05, 0.1) is 30.6 Å². The molecule has 6 nitrogen and oxygen atoms in total. The minimum Gasteiger partial charge on any atom is -0.287 e. The average molecular weight is 813 g/mol. The molecule has 8 rings (SSSR count). The van der Waals surface area contributed by atoms with Gasteiger partial charge in [-0.25, -0.2) is 0 Å². The first-order chi connectivity index (χ1) is 24.4. The molecule has 0 fully saturated rings. The monoisotopic (exact) mass is 812 g/mol. The SMILES string of the molecule is CC.CC.Cc1c(-c2ccc(-c3sc(-c4ccc(-c5sc6c(c5C)C(=O)C(F)(F)C6=O)s4)c4c3C(=O)C(F)(F)C4=O)s2)sc2c1C(=O)C(F)(F)C2=O. The first-order valence-corrected chi connectivity index (χ1v) is 19.6. The molecule has 5 aromatic heterocycles. The zero-order valence-electron chi connectivity index (χ0n) is 27.6. The Morgan fingerprint density at radius 2 is 0.615 bits per heavy atom. The maximum Gasteiger partial charge on any atom is 0.372 e. The molecular formula is C35H22F6O6S5. The normalized spacial score (nSPS) is 17.5. The van der Waals surface area contributed by atoms with Gasteiger partial charge in [0.2, 0.25) is 23.1 Å². The van der Waals surface area contributed by atoms with Crippen LogP contribution < -0.4 is 0 Å². The second-order valence-electron chi connectivity index (χ2n) is 11.1. The molecule has 0 atom stereocenters. The van der Waals surface area contributed by atoms with Gasteiger partial charge in [-0.15, -0.1) is 56.7 Å². The lowest BCUT2D eigenvalue weighted by Crippen LogP contribution is -2.30. The molecule has 0 aliphatic heterocycles. The van der Waals surface area contributed by atoms with Crippen LogP contribution in [-0.2, 0) is 0 Å². The summed E-state index contributed by atoms with van der Waals surface area (Å²) < 4.78 is 86.0. The van der Waals surface area contributed by atoms with Crippen LogP contribution in [0.4, 0.5) is 26.3 Å². The maximum atomic E-state index is 14.9. The van der Waals surface area contributed by atoms with Crippen LogP contribution >= 0.6 is 56.7 Å². The van der Waals surface area contributed by atoms with Gasteiger partial charge >= 0.3 is 17.8 Å². The van der Waals surface area contributed by atoms with E-state index < -0.39 is 63.6 Å². The van der Waals surface area contributed by atoms with Crippen molar-refractivity contribution >= 4 is 91.4 Å². The summed E-state index contributed by atoms with van der Waals surface area (Å²) in [6.45, 7) is 10.8. The Bertz CT molecular complexity index is 2270. The van der Waals surface area contributed by atoms with Gasteiger partial charge < -0.3 is 0 Å². The van der Waals surface area contributed by atoms with E-state index in [1.54, 1.807) is 0 Å². The number of alkyl halides is 6. The van der Waals surface area contributed by atoms with Crippen molar-refractivity contribution in [2.24, 2.45) is 0 Å². The lowest BCUT2D eigenvalue weighted by molar-refractivity contribution is 0.0186. The molecule has 0 radical (unpaired) electrons. The van der Waals surface area contributed by atoms with Crippen LogP contribution in [0.25, 0.3) is 39.0 Å². The number of rotatable bonds is 4. The highest BCUT2D eigenvalue weighted by molar-refractivity contribution is 7.30. The summed E-state index contributed by atoms with van der Waals surface area (Å²) in [5.74, 6) is -22.4. The summed E-state index contributed by atoms with van der Waals surface area (Å²) in [4.78, 5) is 76.2. The number of carbonyl (C=O) groups is 6. The van der Waals surface area contributed by atoms with Crippen LogP contribution in [0, 0.1) is 13.8 Å². The summed E-state index contributed by atoms with van der Waals surface area (Å²) >= 11 is 4.28. The van der Waals surface area contributed by atoms with Gasteiger partial charge in [-0.1, -0.05) is 27.7 Å². The predicted octanol–water partition coefficient (Wildman–Crippen LogP) is 11.4. The molecule has 0 N–H and O–H groups in total. The van der Waals surface area contributed by atoms with E-state index in [4.69, 9.17) is 0 Å². The first-order valence-electron chi connectivity index (χ1n) is 15.5. The molecule has 0 spiro atoms. The fourth-order valence-corrected chi connectivity index (χ4v) is 12.4. The molecule has 270 valence electrons. The van der Waals surface area contributed by atoms with Gasteiger partial charge in [0.15, 0.2) is 0 Å². The maximum absolute atomic E-state index is 14.9. The quantitative estimate of drug-likeness (QED) is 0.132. The van der Waals surface area contributed by atoms with E-state index in [1.807, 2.05) is 27.7 Å². The van der Waals surface area contributed by atoms with Crippen molar-refractivity contribution in [2.75, 3.05) is 0 Å². The largest absolute Gasteiger partial charge is 0.372 e. The van der Waals surface area contributed by atoms with Crippen LogP contribution in [0.3, 0.4) is 0 Å². The molecular weight excluding hydrogens is 791 g/mol. The Kier molecular flexibility index (Phi) is 9.18. The topological polar surface area (TPSA) is 102 Å². The zero-order chi connectivity index (χ0) is 38.6. The Morgan fingerprint density at radius 1 is 0.365 bits per heavy atom. The summed E-state index contributed by atoms with van der Waals surface area (Å²) in [6.07, 6.45) is 0. The van der Waals surface area contributed by atoms with Crippen LogP contribution in [-0.4, -0.2) is 52.5 Å². The number of fused-ring (bicyclic) bond motifs is 3. The number of hydrogen-bond acceptors (Lipinski definition) is 11. The molecule has 5 heterocycles. The Labute approximate surface area is 310 Å². The molecule has 0 aromatic carbocycles. The fraction of sp³-hybridized carbons (Fsp3) is 0.257. The number of ketones is 6. The average Bonchev–Trinajstić information content (AvgIpc) is 3.99. The number of halogens is 6. The van der Waals surface area contributed by atoms with Crippen molar-refractivity contribution in [3.63, 3.8) is 0 Å². The Balaban J connectivity index is 0.00000112. The lowest BCUT2D eigenvalue weighted by Gasteiger charge is -2.06. The molecule has 52 heavy (non-hydrogen) atoms. The van der Waals surface area contributed by atoms with Crippen molar-refractivity contribution < 1.29 is 55.1 Å². The van der Waals surface area contributed by atoms with E-state index in [0.717, 1.165) is 34.0 Å². The van der Waals surface area contributed by atoms with Crippen LogP contribution in [0.2, 0.25) is 0 Å². The van der Waals surface area contributed by atoms with Gasteiger partial charge in [-0.2, -0.15) is 26.3 Å². The predicted molar refractivity (Wildman–Crippen MR) is 191 cm³/mol. The molecule has 0 amide bonds. The lowest BCUT2D eigenvalue weighted by atomic mass is 10.1. The molecule has 17 heteroatoms. The number of Topliss-reactive ketones (excluding diaryl/α,β-unsaturated/α-hetero) is 6. The molecule has 0 saturated carbocycles. The second kappa shape index (κ2) is 12.6. The van der Waals surface area contributed by atoms with E-state index in [2.05, 4.69) is 0 Å². The van der Waals surface area contributed by atoms with Crippen molar-refractivity contribution in [3.05, 3.63) is 67.4 Å². The van der Waals surface area contributed by atoms with E-state index in [-0.39, 0.29) is 51.5 Å². The molecule has 3 aliphatic rings. The van der Waals surface area contributed by atoms with Crippen molar-refractivity contribution in [2.45, 2.75) is 59.3 Å². The van der Waals surface area contributed by atoms with E-state index >= 15 is 0 Å². The van der Waals surface area contributed by atoms with Gasteiger partial charge in [-0.3, -0.25) is 28.8 Å². The van der Waals surface area contributed by atoms with Crippen molar-refractivity contribution in [1.29, 1.82) is 0 Å². The van der Waals surface area contributed by atoms with Crippen molar-refractivity contribution in [1.82, 2.24) is 0 Å². The minimum atomic E-state index is -4.34. The van der Waals surface area contributed by atoms with Gasteiger partial charge in [0, 0.05) is 40.4 Å². The summed E-state index contributed by atoms with van der Waals surface area (Å²) in [7, 11) is 0. The highest BCUT2D eigenvalue weighted by Gasteiger charge is 2.60. The molecule has 5 aromatic rings. The highest BCUT2D eigenvalue weighted by atomic mass is 32.1. The van der Waals surface area contributed by atoms with Crippen LogP contribution in [0.1, 0.15) is 99.6 Å². The molecule has 0 bridgehead atoms.